The highest BCUT2D eigenvalue weighted by Crippen LogP contribution is 2.10. The fourth-order valence-corrected chi connectivity index (χ4v) is 1.65. The van der Waals surface area contributed by atoms with Crippen molar-refractivity contribution in [2.45, 2.75) is 19.8 Å². The summed E-state index contributed by atoms with van der Waals surface area (Å²) < 4.78 is 1.98. The molecule has 0 saturated carbocycles. The number of pyridine rings is 1. The van der Waals surface area contributed by atoms with Crippen LogP contribution in [0.3, 0.4) is 0 Å². The first-order chi connectivity index (χ1) is 7.20. The summed E-state index contributed by atoms with van der Waals surface area (Å²) >= 11 is 0. The molecule has 0 aliphatic heterocycles. The van der Waals surface area contributed by atoms with Crippen LogP contribution in [-0.2, 0) is 17.6 Å². The van der Waals surface area contributed by atoms with E-state index in [1.165, 1.54) is 0 Å². The first-order valence-corrected chi connectivity index (χ1v) is 4.87. The van der Waals surface area contributed by atoms with Gasteiger partial charge in [0.1, 0.15) is 5.82 Å². The Hall–Kier alpha value is -1.84. The van der Waals surface area contributed by atoms with Crippen molar-refractivity contribution in [2.75, 3.05) is 0 Å². The number of hydrogen-bond acceptors (Lipinski definition) is 2. The van der Waals surface area contributed by atoms with E-state index < -0.39 is 5.97 Å². The molecule has 0 aliphatic rings. The van der Waals surface area contributed by atoms with Crippen LogP contribution in [0.2, 0.25) is 0 Å². The summed E-state index contributed by atoms with van der Waals surface area (Å²) in [5.74, 6) is 0.182. The molecule has 1 N–H and O–H groups in total. The Balaban J connectivity index is 2.44. The third kappa shape index (κ3) is 1.83. The maximum Gasteiger partial charge on any atom is 0.307 e. The molecule has 0 spiro atoms. The van der Waals surface area contributed by atoms with Crippen LogP contribution in [-0.4, -0.2) is 20.5 Å². The van der Waals surface area contributed by atoms with Gasteiger partial charge in [-0.25, -0.2) is 4.98 Å². The summed E-state index contributed by atoms with van der Waals surface area (Å²) in [4.78, 5) is 14.8. The van der Waals surface area contributed by atoms with Crippen molar-refractivity contribution in [3.63, 3.8) is 0 Å². The van der Waals surface area contributed by atoms with Crippen molar-refractivity contribution in [3.05, 3.63) is 35.9 Å². The number of carboxylic acid groups (broad SMARTS) is 1. The van der Waals surface area contributed by atoms with Crippen molar-refractivity contribution in [1.82, 2.24) is 9.38 Å². The van der Waals surface area contributed by atoms with Gasteiger partial charge in [0.15, 0.2) is 0 Å². The fourth-order valence-electron chi connectivity index (χ4n) is 1.65. The zero-order valence-electron chi connectivity index (χ0n) is 8.47. The maximum absolute atomic E-state index is 10.5. The minimum absolute atomic E-state index is 0.0587. The second-order valence-electron chi connectivity index (χ2n) is 3.43. The molecule has 0 amide bonds. The molecule has 0 unspecified atom stereocenters. The molecule has 4 heteroatoms. The van der Waals surface area contributed by atoms with Crippen LogP contribution in [0.15, 0.2) is 24.5 Å². The lowest BCUT2D eigenvalue weighted by molar-refractivity contribution is -0.136. The van der Waals surface area contributed by atoms with Gasteiger partial charge in [-0.2, -0.15) is 0 Å². The van der Waals surface area contributed by atoms with Crippen LogP contribution >= 0.6 is 0 Å². The van der Waals surface area contributed by atoms with Crippen molar-refractivity contribution < 1.29 is 9.90 Å². The van der Waals surface area contributed by atoms with E-state index in [4.69, 9.17) is 5.11 Å². The number of carbonyl (C=O) groups is 1. The van der Waals surface area contributed by atoms with E-state index in [1.54, 1.807) is 6.20 Å². The molecule has 0 aromatic carbocycles. The Morgan fingerprint density at radius 3 is 3.07 bits per heavy atom. The lowest BCUT2D eigenvalue weighted by Crippen LogP contribution is -2.01. The van der Waals surface area contributed by atoms with Gasteiger partial charge in [0.25, 0.3) is 0 Å². The molecule has 78 valence electrons. The van der Waals surface area contributed by atoms with Crippen molar-refractivity contribution >= 4 is 11.5 Å². The summed E-state index contributed by atoms with van der Waals surface area (Å²) in [6.07, 6.45) is 4.57. The number of rotatable bonds is 3. The van der Waals surface area contributed by atoms with Gasteiger partial charge in [-0.3, -0.25) is 4.79 Å². The van der Waals surface area contributed by atoms with Gasteiger partial charge in [-0.15, -0.1) is 0 Å². The number of aliphatic carboxylic acids is 1. The summed E-state index contributed by atoms with van der Waals surface area (Å²) in [7, 11) is 0. The average molecular weight is 204 g/mol. The number of aromatic nitrogens is 2. The van der Waals surface area contributed by atoms with Crippen LogP contribution < -0.4 is 0 Å². The van der Waals surface area contributed by atoms with E-state index in [1.807, 2.05) is 29.7 Å². The van der Waals surface area contributed by atoms with Crippen LogP contribution in [0.4, 0.5) is 0 Å². The van der Waals surface area contributed by atoms with Crippen LogP contribution in [0, 0.1) is 0 Å². The maximum atomic E-state index is 10.5. The normalized spacial score (nSPS) is 10.7. The smallest absolute Gasteiger partial charge is 0.307 e. The third-order valence-corrected chi connectivity index (χ3v) is 2.34. The van der Waals surface area contributed by atoms with Crippen LogP contribution in [0.1, 0.15) is 18.3 Å². The quantitative estimate of drug-likeness (QED) is 0.824. The zero-order chi connectivity index (χ0) is 10.8. The Bertz CT molecular complexity index is 502. The fraction of sp³-hybridized carbons (Fsp3) is 0.273. The molecule has 0 bridgehead atoms. The van der Waals surface area contributed by atoms with E-state index in [0.29, 0.717) is 0 Å². The first kappa shape index (κ1) is 9.71. The van der Waals surface area contributed by atoms with Crippen molar-refractivity contribution in [3.8, 4) is 0 Å². The Labute approximate surface area is 87.2 Å². The van der Waals surface area contributed by atoms with Crippen LogP contribution in [0.25, 0.3) is 5.52 Å². The molecular formula is C11H12N2O2. The second-order valence-corrected chi connectivity index (χ2v) is 3.43. The molecule has 0 atom stereocenters. The molecule has 15 heavy (non-hydrogen) atoms. The van der Waals surface area contributed by atoms with E-state index in [2.05, 4.69) is 4.98 Å². The highest BCUT2D eigenvalue weighted by Gasteiger charge is 2.04. The van der Waals surface area contributed by atoms with Gasteiger partial charge in [-0.05, 0) is 17.7 Å². The SMILES string of the molecule is CCc1ncc2cc(CC(=O)O)ccn12. The van der Waals surface area contributed by atoms with E-state index >= 15 is 0 Å². The predicted octanol–water partition coefficient (Wildman–Crippen LogP) is 1.52. The summed E-state index contributed by atoms with van der Waals surface area (Å²) in [5.41, 5.74) is 1.75. The van der Waals surface area contributed by atoms with Gasteiger partial charge in [0.2, 0.25) is 0 Å². The minimum atomic E-state index is -0.811. The molecule has 2 heterocycles. The number of aryl methyl sites for hydroxylation is 1. The number of imidazole rings is 1. The molecular weight excluding hydrogens is 192 g/mol. The van der Waals surface area contributed by atoms with Gasteiger partial charge in [0.05, 0.1) is 18.1 Å². The average Bonchev–Trinajstić information content (AvgIpc) is 2.58. The Morgan fingerprint density at radius 1 is 1.60 bits per heavy atom. The number of fused-ring (bicyclic) bond motifs is 1. The zero-order valence-corrected chi connectivity index (χ0v) is 8.47. The molecule has 2 aromatic heterocycles. The van der Waals surface area contributed by atoms with Crippen LogP contribution in [0.5, 0.6) is 0 Å². The van der Waals surface area contributed by atoms with Gasteiger partial charge in [-0.1, -0.05) is 6.92 Å². The predicted molar refractivity (Wildman–Crippen MR) is 55.9 cm³/mol. The molecule has 0 saturated heterocycles. The highest BCUT2D eigenvalue weighted by atomic mass is 16.4. The minimum Gasteiger partial charge on any atom is -0.481 e. The third-order valence-electron chi connectivity index (χ3n) is 2.34. The standard InChI is InChI=1S/C11H12N2O2/c1-2-10-12-7-9-5-8(6-11(14)15)3-4-13(9)10/h3-5,7H,2,6H2,1H3,(H,14,15). The Morgan fingerprint density at radius 2 is 2.40 bits per heavy atom. The monoisotopic (exact) mass is 204 g/mol. The second kappa shape index (κ2) is 3.73. The molecule has 0 radical (unpaired) electrons. The highest BCUT2D eigenvalue weighted by molar-refractivity contribution is 5.70. The summed E-state index contributed by atoms with van der Waals surface area (Å²) in [6.45, 7) is 2.04. The topological polar surface area (TPSA) is 54.6 Å². The van der Waals surface area contributed by atoms with Gasteiger partial charge < -0.3 is 9.51 Å². The van der Waals surface area contributed by atoms with Gasteiger partial charge in [0, 0.05) is 12.6 Å². The van der Waals surface area contributed by atoms with Gasteiger partial charge >= 0.3 is 5.97 Å². The van der Waals surface area contributed by atoms with E-state index in [0.717, 1.165) is 23.3 Å². The number of nitrogens with zero attached hydrogens (tertiary/aromatic N) is 2. The molecule has 2 aromatic rings. The van der Waals surface area contributed by atoms with Crippen molar-refractivity contribution in [1.29, 1.82) is 0 Å². The molecule has 0 aliphatic carbocycles. The molecule has 2 rings (SSSR count). The number of carboxylic acids is 1. The molecule has 0 fully saturated rings. The lowest BCUT2D eigenvalue weighted by atomic mass is 10.2. The van der Waals surface area contributed by atoms with E-state index in [9.17, 15) is 4.79 Å². The lowest BCUT2D eigenvalue weighted by Gasteiger charge is -2.00. The number of hydrogen-bond donors (Lipinski definition) is 1. The summed E-state index contributed by atoms with van der Waals surface area (Å²) in [5, 5.41) is 8.67. The summed E-state index contributed by atoms with van der Waals surface area (Å²) in [6, 6.07) is 3.68. The first-order valence-electron chi connectivity index (χ1n) is 4.87. The van der Waals surface area contributed by atoms with Crippen molar-refractivity contribution in [2.24, 2.45) is 0 Å². The molecule has 4 nitrogen and oxygen atoms in total. The Kier molecular flexibility index (Phi) is 2.41. The largest absolute Gasteiger partial charge is 0.481 e. The van der Waals surface area contributed by atoms with E-state index in [-0.39, 0.29) is 6.42 Å².